The Hall–Kier alpha value is -2.37. The zero-order chi connectivity index (χ0) is 18.8. The van der Waals surface area contributed by atoms with Gasteiger partial charge in [0.15, 0.2) is 5.69 Å². The van der Waals surface area contributed by atoms with Crippen LogP contribution >= 0.6 is 0 Å². The number of aryl methyl sites for hydroxylation is 1. The maximum atomic E-state index is 12.9. The zero-order valence-corrected chi connectivity index (χ0v) is 16.0. The monoisotopic (exact) mass is 368 g/mol. The largest absolute Gasteiger partial charge is 0.339 e. The molecule has 1 aliphatic carbocycles. The fourth-order valence-corrected chi connectivity index (χ4v) is 4.38. The summed E-state index contributed by atoms with van der Waals surface area (Å²) in [5, 5.41) is 8.06. The number of hydrogen-bond acceptors (Lipinski definition) is 3. The van der Waals surface area contributed by atoms with Crippen LogP contribution in [0.15, 0.2) is 18.2 Å². The van der Waals surface area contributed by atoms with Crippen LogP contribution in [0.1, 0.15) is 54.6 Å². The van der Waals surface area contributed by atoms with Crippen LogP contribution < -0.4 is 0 Å². The first-order chi connectivity index (χ1) is 13.1. The van der Waals surface area contributed by atoms with Gasteiger partial charge >= 0.3 is 0 Å². The minimum Gasteiger partial charge on any atom is -0.339 e. The lowest BCUT2D eigenvalue weighted by molar-refractivity contribution is -0.133. The highest BCUT2D eigenvalue weighted by Gasteiger charge is 2.27. The summed E-state index contributed by atoms with van der Waals surface area (Å²) in [5.41, 5.74) is 2.47. The number of carbonyl (C=O) groups is 2. The molecule has 0 spiro atoms. The molecule has 1 saturated carbocycles. The molecule has 6 nitrogen and oxygen atoms in total. The predicted molar refractivity (Wildman–Crippen MR) is 105 cm³/mol. The van der Waals surface area contributed by atoms with Gasteiger partial charge in [-0.2, -0.15) is 5.10 Å². The molecule has 4 rings (SSSR count). The van der Waals surface area contributed by atoms with Gasteiger partial charge in [-0.15, -0.1) is 0 Å². The predicted octanol–water partition coefficient (Wildman–Crippen LogP) is 3.13. The minimum absolute atomic E-state index is 0.0510. The summed E-state index contributed by atoms with van der Waals surface area (Å²) >= 11 is 0. The van der Waals surface area contributed by atoms with E-state index in [0.717, 1.165) is 28.8 Å². The van der Waals surface area contributed by atoms with Gasteiger partial charge in [0.2, 0.25) is 5.91 Å². The molecule has 2 aliphatic rings. The second-order valence-corrected chi connectivity index (χ2v) is 7.98. The number of rotatable bonds is 4. The summed E-state index contributed by atoms with van der Waals surface area (Å²) < 4.78 is 0. The van der Waals surface area contributed by atoms with Crippen LogP contribution in [0, 0.1) is 12.8 Å². The molecule has 2 fully saturated rings. The Morgan fingerprint density at radius 3 is 2.56 bits per heavy atom. The standard InChI is InChI=1S/C21H28N4O2/c1-15-6-8-18-17(14-15)20(23-22-18)21(27)25-12-10-24(11-13-25)19(26)9-7-16-4-2-3-5-16/h6,8,14,16H,2-5,7,9-13H2,1H3,(H,22,23). The molecule has 27 heavy (non-hydrogen) atoms. The van der Waals surface area contributed by atoms with Crippen LogP contribution in [0.5, 0.6) is 0 Å². The van der Waals surface area contributed by atoms with Crippen LogP contribution in [-0.2, 0) is 4.79 Å². The highest BCUT2D eigenvalue weighted by atomic mass is 16.2. The summed E-state index contributed by atoms with van der Waals surface area (Å²) in [7, 11) is 0. The van der Waals surface area contributed by atoms with E-state index in [4.69, 9.17) is 0 Å². The average molecular weight is 368 g/mol. The number of fused-ring (bicyclic) bond motifs is 1. The van der Waals surface area contributed by atoms with Gasteiger partial charge in [-0.25, -0.2) is 0 Å². The number of nitrogens with zero attached hydrogens (tertiary/aromatic N) is 3. The summed E-state index contributed by atoms with van der Waals surface area (Å²) in [5.74, 6) is 0.938. The van der Waals surface area contributed by atoms with Crippen LogP contribution in [0.25, 0.3) is 10.9 Å². The molecule has 0 radical (unpaired) electrons. The van der Waals surface area contributed by atoms with Crippen LogP contribution in [0.3, 0.4) is 0 Å². The van der Waals surface area contributed by atoms with Crippen molar-refractivity contribution in [2.24, 2.45) is 5.92 Å². The smallest absolute Gasteiger partial charge is 0.275 e. The van der Waals surface area contributed by atoms with Crippen LogP contribution in [-0.4, -0.2) is 58.0 Å². The summed E-state index contributed by atoms with van der Waals surface area (Å²) in [6, 6.07) is 5.95. The van der Waals surface area contributed by atoms with Crippen molar-refractivity contribution in [3.05, 3.63) is 29.5 Å². The highest BCUT2D eigenvalue weighted by Crippen LogP contribution is 2.28. The Morgan fingerprint density at radius 2 is 1.81 bits per heavy atom. The van der Waals surface area contributed by atoms with E-state index in [1.807, 2.05) is 34.9 Å². The van der Waals surface area contributed by atoms with Gasteiger partial charge in [-0.1, -0.05) is 37.3 Å². The SMILES string of the molecule is Cc1ccc2[nH]nc(C(=O)N3CCN(C(=O)CCC4CCCC4)CC3)c2c1. The third-order valence-corrected chi connectivity index (χ3v) is 6.08. The molecule has 144 valence electrons. The van der Waals surface area contributed by atoms with Crippen molar-refractivity contribution < 1.29 is 9.59 Å². The van der Waals surface area contributed by atoms with Crippen molar-refractivity contribution in [2.45, 2.75) is 45.4 Å². The molecule has 0 unspecified atom stereocenters. The number of hydrogen-bond donors (Lipinski definition) is 1. The third kappa shape index (κ3) is 3.84. The molecule has 2 heterocycles. The highest BCUT2D eigenvalue weighted by molar-refractivity contribution is 6.04. The number of carbonyl (C=O) groups excluding carboxylic acids is 2. The average Bonchev–Trinajstić information content (AvgIpc) is 3.35. The number of nitrogens with one attached hydrogen (secondary N) is 1. The molecular formula is C21H28N4O2. The van der Waals surface area contributed by atoms with Crippen molar-refractivity contribution in [3.8, 4) is 0 Å². The van der Waals surface area contributed by atoms with Gasteiger partial charge in [-0.05, 0) is 31.4 Å². The van der Waals surface area contributed by atoms with E-state index in [0.29, 0.717) is 38.3 Å². The number of amides is 2. The first kappa shape index (κ1) is 18.0. The maximum absolute atomic E-state index is 12.9. The molecule has 1 aromatic carbocycles. The summed E-state index contributed by atoms with van der Waals surface area (Å²) in [6.07, 6.45) is 6.89. The van der Waals surface area contributed by atoms with Gasteiger partial charge < -0.3 is 9.80 Å². The lowest BCUT2D eigenvalue weighted by Crippen LogP contribution is -2.50. The zero-order valence-electron chi connectivity index (χ0n) is 16.0. The van der Waals surface area contributed by atoms with E-state index in [2.05, 4.69) is 10.2 Å². The lowest BCUT2D eigenvalue weighted by atomic mass is 10.0. The Bertz CT molecular complexity index is 830. The molecule has 2 amide bonds. The van der Waals surface area contributed by atoms with E-state index in [1.165, 1.54) is 25.7 Å². The van der Waals surface area contributed by atoms with Crippen molar-refractivity contribution in [2.75, 3.05) is 26.2 Å². The first-order valence-corrected chi connectivity index (χ1v) is 10.1. The van der Waals surface area contributed by atoms with E-state index in [1.54, 1.807) is 0 Å². The second-order valence-electron chi connectivity index (χ2n) is 7.98. The van der Waals surface area contributed by atoms with Crippen LogP contribution in [0.2, 0.25) is 0 Å². The molecular weight excluding hydrogens is 340 g/mol. The maximum Gasteiger partial charge on any atom is 0.275 e. The second kappa shape index (κ2) is 7.71. The molecule has 1 saturated heterocycles. The van der Waals surface area contributed by atoms with Crippen molar-refractivity contribution in [3.63, 3.8) is 0 Å². The molecule has 1 aliphatic heterocycles. The van der Waals surface area contributed by atoms with Gasteiger partial charge in [0.1, 0.15) is 0 Å². The van der Waals surface area contributed by atoms with E-state index >= 15 is 0 Å². The number of H-pyrrole nitrogens is 1. The topological polar surface area (TPSA) is 69.3 Å². The molecule has 0 bridgehead atoms. The van der Waals surface area contributed by atoms with Crippen molar-refractivity contribution in [1.29, 1.82) is 0 Å². The summed E-state index contributed by atoms with van der Waals surface area (Å²) in [4.78, 5) is 29.1. The fraction of sp³-hybridized carbons (Fsp3) is 0.571. The Balaban J connectivity index is 1.33. The van der Waals surface area contributed by atoms with Gasteiger partial charge in [0, 0.05) is 38.0 Å². The Morgan fingerprint density at radius 1 is 1.11 bits per heavy atom. The van der Waals surface area contributed by atoms with E-state index < -0.39 is 0 Å². The van der Waals surface area contributed by atoms with Crippen molar-refractivity contribution in [1.82, 2.24) is 20.0 Å². The lowest BCUT2D eigenvalue weighted by Gasteiger charge is -2.34. The molecule has 1 N–H and O–H groups in total. The fourth-order valence-electron chi connectivity index (χ4n) is 4.38. The normalized spacial score (nSPS) is 18.4. The third-order valence-electron chi connectivity index (χ3n) is 6.08. The van der Waals surface area contributed by atoms with Gasteiger partial charge in [0.25, 0.3) is 5.91 Å². The van der Waals surface area contributed by atoms with Crippen molar-refractivity contribution >= 4 is 22.7 Å². The quantitative estimate of drug-likeness (QED) is 0.901. The van der Waals surface area contributed by atoms with Gasteiger partial charge in [0.05, 0.1) is 5.52 Å². The number of benzene rings is 1. The number of piperazine rings is 1. The number of aromatic amines is 1. The molecule has 0 atom stereocenters. The Kier molecular flexibility index (Phi) is 5.14. The summed E-state index contributed by atoms with van der Waals surface area (Å²) in [6.45, 7) is 4.41. The molecule has 6 heteroatoms. The van der Waals surface area contributed by atoms with E-state index in [9.17, 15) is 9.59 Å². The van der Waals surface area contributed by atoms with Crippen LogP contribution in [0.4, 0.5) is 0 Å². The van der Waals surface area contributed by atoms with Gasteiger partial charge in [-0.3, -0.25) is 14.7 Å². The molecule has 1 aromatic heterocycles. The number of aromatic nitrogens is 2. The van der Waals surface area contributed by atoms with E-state index in [-0.39, 0.29) is 11.8 Å². The molecule has 2 aromatic rings. The first-order valence-electron chi connectivity index (χ1n) is 10.1. The Labute approximate surface area is 159 Å². The minimum atomic E-state index is -0.0510.